The third kappa shape index (κ3) is 1.98. The number of aliphatic hydroxyl groups excluding tert-OH is 1. The van der Waals surface area contributed by atoms with Gasteiger partial charge in [0.1, 0.15) is 17.6 Å². The highest BCUT2D eigenvalue weighted by Gasteiger charge is 2.50. The summed E-state index contributed by atoms with van der Waals surface area (Å²) in [5, 5.41) is 13.9. The minimum absolute atomic E-state index is 0.0896. The maximum absolute atomic E-state index is 11.1. The van der Waals surface area contributed by atoms with Gasteiger partial charge in [-0.1, -0.05) is 5.16 Å². The van der Waals surface area contributed by atoms with Gasteiger partial charge in [0, 0.05) is 6.42 Å². The van der Waals surface area contributed by atoms with E-state index >= 15 is 0 Å². The highest BCUT2D eigenvalue weighted by atomic mass is 79.9. The molecule has 1 heterocycles. The molecule has 1 aliphatic carbocycles. The number of methoxy groups -OCH3 is 1. The fourth-order valence-electron chi connectivity index (χ4n) is 1.83. The second-order valence-corrected chi connectivity index (χ2v) is 5.61. The molecule has 0 bridgehead atoms. The topological polar surface area (TPSA) is 94.1 Å². The number of nitrogens with two attached hydrogens (primary N) is 1. The second-order valence-electron chi connectivity index (χ2n) is 3.90. The van der Waals surface area contributed by atoms with Gasteiger partial charge in [-0.15, -0.1) is 0 Å². The molecule has 0 unspecified atom stereocenters. The van der Waals surface area contributed by atoms with Crippen LogP contribution in [-0.4, -0.2) is 35.5 Å². The van der Waals surface area contributed by atoms with Gasteiger partial charge in [-0.2, -0.15) is 0 Å². The van der Waals surface area contributed by atoms with Gasteiger partial charge in [-0.25, -0.2) is 0 Å². The first-order chi connectivity index (χ1) is 8.41. The van der Waals surface area contributed by atoms with Crippen molar-refractivity contribution >= 4 is 43.5 Å². The van der Waals surface area contributed by atoms with Crippen LogP contribution in [0.2, 0.25) is 0 Å². The number of ether oxygens (including phenoxy) is 1. The smallest absolute Gasteiger partial charge is 0.266 e. The number of carbonyl (C=O) groups excluding carboxylic acids is 1. The van der Waals surface area contributed by atoms with E-state index in [1.54, 1.807) is 6.08 Å². The molecule has 2 aliphatic rings. The molecule has 8 heteroatoms. The molecule has 0 aromatic rings. The van der Waals surface area contributed by atoms with Crippen LogP contribution in [0.1, 0.15) is 6.42 Å². The molecule has 1 aliphatic heterocycles. The van der Waals surface area contributed by atoms with Gasteiger partial charge in [0.25, 0.3) is 5.91 Å². The van der Waals surface area contributed by atoms with Crippen LogP contribution < -0.4 is 5.73 Å². The lowest BCUT2D eigenvalue weighted by molar-refractivity contribution is -0.112. The summed E-state index contributed by atoms with van der Waals surface area (Å²) in [5.41, 5.74) is 4.10. The number of halogens is 2. The lowest BCUT2D eigenvalue weighted by atomic mass is 9.87. The van der Waals surface area contributed by atoms with Gasteiger partial charge < -0.3 is 20.4 Å². The summed E-state index contributed by atoms with van der Waals surface area (Å²) >= 11 is 6.56. The molecule has 0 fully saturated rings. The van der Waals surface area contributed by atoms with Crippen LogP contribution in [0.15, 0.2) is 26.0 Å². The van der Waals surface area contributed by atoms with Crippen molar-refractivity contribution in [3.8, 4) is 0 Å². The van der Waals surface area contributed by atoms with Crippen LogP contribution in [0, 0.1) is 0 Å². The number of allylic oxidation sites excluding steroid dienone is 1. The number of oxime groups is 1. The summed E-state index contributed by atoms with van der Waals surface area (Å²) < 4.78 is 6.15. The summed E-state index contributed by atoms with van der Waals surface area (Å²) in [6.07, 6.45) is 0.681. The zero-order valence-corrected chi connectivity index (χ0v) is 12.5. The van der Waals surface area contributed by atoms with Crippen molar-refractivity contribution in [3.63, 3.8) is 0 Å². The monoisotopic (exact) mass is 380 g/mol. The molecular formula is C10H10Br2N2O4. The van der Waals surface area contributed by atoms with Gasteiger partial charge in [0.15, 0.2) is 5.60 Å². The zero-order chi connectivity index (χ0) is 13.5. The van der Waals surface area contributed by atoms with E-state index in [1.165, 1.54) is 7.11 Å². The average Bonchev–Trinajstić information content (AvgIpc) is 2.72. The molecule has 3 N–H and O–H groups in total. The molecule has 98 valence electrons. The number of primary amides is 1. The summed E-state index contributed by atoms with van der Waals surface area (Å²) in [6.45, 7) is 0. The zero-order valence-electron chi connectivity index (χ0n) is 9.31. The molecule has 0 aromatic heterocycles. The van der Waals surface area contributed by atoms with E-state index in [1.807, 2.05) is 0 Å². The maximum atomic E-state index is 11.1. The summed E-state index contributed by atoms with van der Waals surface area (Å²) in [5.74, 6) is -0.203. The normalized spacial score (nSPS) is 31.0. The predicted octanol–water partition coefficient (Wildman–Crippen LogP) is 0.893. The van der Waals surface area contributed by atoms with Crippen LogP contribution in [0.5, 0.6) is 0 Å². The van der Waals surface area contributed by atoms with Crippen LogP contribution in [0.25, 0.3) is 0 Å². The molecule has 0 saturated heterocycles. The first kappa shape index (κ1) is 13.6. The van der Waals surface area contributed by atoms with Gasteiger partial charge in [0.05, 0.1) is 16.1 Å². The van der Waals surface area contributed by atoms with Crippen molar-refractivity contribution in [1.29, 1.82) is 0 Å². The van der Waals surface area contributed by atoms with E-state index in [9.17, 15) is 9.90 Å². The van der Waals surface area contributed by atoms with Gasteiger partial charge in [-0.3, -0.25) is 4.79 Å². The van der Waals surface area contributed by atoms with Gasteiger partial charge in [-0.05, 0) is 37.9 Å². The number of amides is 1. The van der Waals surface area contributed by atoms with Crippen molar-refractivity contribution < 1.29 is 19.5 Å². The Hall–Kier alpha value is -0.860. The Balaban J connectivity index is 2.35. The molecule has 6 nitrogen and oxygen atoms in total. The van der Waals surface area contributed by atoms with Crippen molar-refractivity contribution in [3.05, 3.63) is 20.8 Å². The number of hydrogen-bond donors (Lipinski definition) is 2. The minimum Gasteiger partial charge on any atom is -0.495 e. The summed E-state index contributed by atoms with van der Waals surface area (Å²) in [6, 6.07) is 0. The number of carbonyl (C=O) groups is 1. The Kier molecular flexibility index (Phi) is 3.52. The Labute approximate surface area is 120 Å². The van der Waals surface area contributed by atoms with Crippen molar-refractivity contribution in [2.45, 2.75) is 18.1 Å². The molecule has 18 heavy (non-hydrogen) atoms. The average molecular weight is 382 g/mol. The summed E-state index contributed by atoms with van der Waals surface area (Å²) in [4.78, 5) is 16.3. The van der Waals surface area contributed by atoms with Crippen LogP contribution in [0.4, 0.5) is 0 Å². The standard InChI is InChI=1S/C10H10Br2N2O4/c1-17-7-4(11)2-10(8(15)6(7)12)3-5(9(13)16)14-18-10/h2,8,15H,3H2,1H3,(H2,13,16)/t8-,10+/m1/s1. The molecule has 2 atom stereocenters. The Morgan fingerprint density at radius 1 is 1.72 bits per heavy atom. The van der Waals surface area contributed by atoms with Crippen LogP contribution in [-0.2, 0) is 14.4 Å². The molecule has 0 radical (unpaired) electrons. The molecule has 0 saturated carbocycles. The second kappa shape index (κ2) is 4.67. The fourth-order valence-corrected chi connectivity index (χ4v) is 3.62. The first-order valence-corrected chi connectivity index (χ1v) is 6.55. The Morgan fingerprint density at radius 3 is 2.89 bits per heavy atom. The van der Waals surface area contributed by atoms with E-state index in [0.29, 0.717) is 14.7 Å². The third-order valence-corrected chi connectivity index (χ3v) is 4.15. The van der Waals surface area contributed by atoms with Crippen molar-refractivity contribution in [1.82, 2.24) is 0 Å². The van der Waals surface area contributed by atoms with Gasteiger partial charge >= 0.3 is 0 Å². The first-order valence-electron chi connectivity index (χ1n) is 4.96. The number of aliphatic hydroxyl groups is 1. The maximum Gasteiger partial charge on any atom is 0.266 e. The third-order valence-electron chi connectivity index (χ3n) is 2.77. The fraction of sp³-hybridized carbons (Fsp3) is 0.400. The van der Waals surface area contributed by atoms with E-state index < -0.39 is 17.6 Å². The lowest BCUT2D eigenvalue weighted by Crippen LogP contribution is -2.44. The molecule has 2 rings (SSSR count). The van der Waals surface area contributed by atoms with Gasteiger partial charge in [0.2, 0.25) is 0 Å². The minimum atomic E-state index is -1.13. The molecule has 1 amide bonds. The molecule has 0 aromatic carbocycles. The van der Waals surface area contributed by atoms with E-state index in [-0.39, 0.29) is 12.1 Å². The highest BCUT2D eigenvalue weighted by Crippen LogP contribution is 2.43. The quantitative estimate of drug-likeness (QED) is 0.742. The summed E-state index contributed by atoms with van der Waals surface area (Å²) in [7, 11) is 1.48. The van der Waals surface area contributed by atoms with E-state index in [0.717, 1.165) is 0 Å². The van der Waals surface area contributed by atoms with Crippen molar-refractivity contribution in [2.75, 3.05) is 7.11 Å². The molecular weight excluding hydrogens is 372 g/mol. The number of nitrogens with zero attached hydrogens (tertiary/aromatic N) is 1. The van der Waals surface area contributed by atoms with Crippen LogP contribution in [0.3, 0.4) is 0 Å². The Morgan fingerprint density at radius 2 is 2.39 bits per heavy atom. The predicted molar refractivity (Wildman–Crippen MR) is 71.0 cm³/mol. The number of hydrogen-bond acceptors (Lipinski definition) is 5. The van der Waals surface area contributed by atoms with E-state index in [2.05, 4.69) is 37.0 Å². The Bertz CT molecular complexity index is 500. The largest absolute Gasteiger partial charge is 0.495 e. The van der Waals surface area contributed by atoms with Crippen LogP contribution >= 0.6 is 31.9 Å². The molecule has 1 spiro atoms. The highest BCUT2D eigenvalue weighted by molar-refractivity contribution is 9.12. The van der Waals surface area contributed by atoms with Crippen molar-refractivity contribution in [2.24, 2.45) is 10.9 Å². The SMILES string of the molecule is COC1=C(Br)[C@@H](O)[C@]2(C=C1Br)CC(C(N)=O)=NO2. The lowest BCUT2D eigenvalue weighted by Gasteiger charge is -2.33. The van der Waals surface area contributed by atoms with E-state index in [4.69, 9.17) is 15.3 Å². The number of rotatable bonds is 2.